The third-order valence-corrected chi connectivity index (χ3v) is 3.93. The zero-order valence-corrected chi connectivity index (χ0v) is 10.4. The third-order valence-electron chi connectivity index (χ3n) is 2.90. The van der Waals surface area contributed by atoms with Crippen molar-refractivity contribution < 1.29 is 0 Å². The van der Waals surface area contributed by atoms with Crippen LogP contribution in [0.5, 0.6) is 0 Å². The molecule has 0 saturated heterocycles. The fourth-order valence-electron chi connectivity index (χ4n) is 1.71. The summed E-state index contributed by atoms with van der Waals surface area (Å²) in [4.78, 5) is 0. The molecule has 1 aliphatic carbocycles. The molecule has 2 unspecified atom stereocenters. The molecule has 0 spiro atoms. The molecule has 3 nitrogen and oxygen atoms in total. The van der Waals surface area contributed by atoms with Crippen LogP contribution < -0.4 is 5.32 Å². The van der Waals surface area contributed by atoms with Crippen molar-refractivity contribution in [1.82, 2.24) is 15.1 Å². The van der Waals surface area contributed by atoms with E-state index in [2.05, 4.69) is 33.3 Å². The molecule has 78 valence electrons. The lowest BCUT2D eigenvalue weighted by Crippen LogP contribution is -2.19. The molecule has 0 aromatic carbocycles. The normalized spacial score (nSPS) is 25.4. The summed E-state index contributed by atoms with van der Waals surface area (Å²) in [6.45, 7) is 5.21. The molecule has 0 radical (unpaired) electrons. The van der Waals surface area contributed by atoms with Gasteiger partial charge < -0.3 is 5.32 Å². The number of aryl methyl sites for hydroxylation is 2. The topological polar surface area (TPSA) is 29.9 Å². The molecule has 4 heteroatoms. The average molecular weight is 258 g/mol. The van der Waals surface area contributed by atoms with Gasteiger partial charge in [0.05, 0.1) is 15.9 Å². The van der Waals surface area contributed by atoms with E-state index in [9.17, 15) is 0 Å². The van der Waals surface area contributed by atoms with Crippen molar-refractivity contribution in [2.45, 2.75) is 32.9 Å². The monoisotopic (exact) mass is 257 g/mol. The highest BCUT2D eigenvalue weighted by molar-refractivity contribution is 9.10. The molecular weight excluding hydrogens is 242 g/mol. The van der Waals surface area contributed by atoms with E-state index >= 15 is 0 Å². The van der Waals surface area contributed by atoms with Crippen molar-refractivity contribution in [3.63, 3.8) is 0 Å². The largest absolute Gasteiger partial charge is 0.308 e. The van der Waals surface area contributed by atoms with E-state index in [1.165, 1.54) is 12.1 Å². The highest BCUT2D eigenvalue weighted by Gasteiger charge is 2.32. The van der Waals surface area contributed by atoms with Crippen molar-refractivity contribution in [3.8, 4) is 0 Å². The molecule has 1 saturated carbocycles. The van der Waals surface area contributed by atoms with Gasteiger partial charge in [0, 0.05) is 19.6 Å². The van der Waals surface area contributed by atoms with E-state index in [1.54, 1.807) is 0 Å². The lowest BCUT2D eigenvalue weighted by atomic mass is 10.3. The molecule has 0 amide bonds. The van der Waals surface area contributed by atoms with Crippen LogP contribution in [-0.4, -0.2) is 15.8 Å². The maximum atomic E-state index is 4.36. The Kier molecular flexibility index (Phi) is 2.66. The zero-order chi connectivity index (χ0) is 10.3. The van der Waals surface area contributed by atoms with Gasteiger partial charge >= 0.3 is 0 Å². The maximum absolute atomic E-state index is 4.36. The van der Waals surface area contributed by atoms with Gasteiger partial charge in [0.15, 0.2) is 0 Å². The summed E-state index contributed by atoms with van der Waals surface area (Å²) in [5, 5.41) is 7.88. The van der Waals surface area contributed by atoms with Gasteiger partial charge in [-0.05, 0) is 35.2 Å². The van der Waals surface area contributed by atoms with E-state index in [0.29, 0.717) is 0 Å². The van der Waals surface area contributed by atoms with Crippen LogP contribution >= 0.6 is 15.9 Å². The molecule has 14 heavy (non-hydrogen) atoms. The number of hydrogen-bond donors (Lipinski definition) is 1. The van der Waals surface area contributed by atoms with E-state index in [-0.39, 0.29) is 0 Å². The Labute approximate surface area is 93.0 Å². The van der Waals surface area contributed by atoms with Crippen LogP contribution in [0.3, 0.4) is 0 Å². The predicted molar refractivity (Wildman–Crippen MR) is 60.1 cm³/mol. The molecule has 1 aromatic heterocycles. The minimum Gasteiger partial charge on any atom is -0.308 e. The van der Waals surface area contributed by atoms with Crippen molar-refractivity contribution in [2.75, 3.05) is 0 Å². The molecule has 2 rings (SSSR count). The molecule has 1 aliphatic rings. The molecule has 1 fully saturated rings. The van der Waals surface area contributed by atoms with Gasteiger partial charge in [0.1, 0.15) is 0 Å². The third kappa shape index (κ3) is 1.86. The van der Waals surface area contributed by atoms with Crippen LogP contribution in [0.2, 0.25) is 0 Å². The van der Waals surface area contributed by atoms with Crippen molar-refractivity contribution in [2.24, 2.45) is 13.0 Å². The number of aromatic nitrogens is 2. The Balaban J connectivity index is 2.01. The molecule has 0 aliphatic heterocycles. The van der Waals surface area contributed by atoms with E-state index in [0.717, 1.165) is 28.7 Å². The number of halogens is 1. The summed E-state index contributed by atoms with van der Waals surface area (Å²) >= 11 is 3.56. The van der Waals surface area contributed by atoms with Gasteiger partial charge in [-0.3, -0.25) is 4.68 Å². The SMILES string of the molecule is Cc1nn(C)c(CNC2CC2C)c1Br. The molecule has 1 aromatic rings. The van der Waals surface area contributed by atoms with E-state index < -0.39 is 0 Å². The lowest BCUT2D eigenvalue weighted by Gasteiger charge is -2.04. The summed E-state index contributed by atoms with van der Waals surface area (Å²) in [7, 11) is 1.99. The summed E-state index contributed by atoms with van der Waals surface area (Å²) < 4.78 is 3.08. The van der Waals surface area contributed by atoms with E-state index in [4.69, 9.17) is 0 Å². The Morgan fingerprint density at radius 3 is 2.71 bits per heavy atom. The Morgan fingerprint density at radius 1 is 1.64 bits per heavy atom. The molecule has 0 bridgehead atoms. The average Bonchev–Trinajstić information content (AvgIpc) is 2.75. The zero-order valence-electron chi connectivity index (χ0n) is 8.84. The first-order chi connectivity index (χ1) is 6.59. The van der Waals surface area contributed by atoms with Gasteiger partial charge in [0.25, 0.3) is 0 Å². The van der Waals surface area contributed by atoms with Crippen LogP contribution in [0.1, 0.15) is 24.7 Å². The Morgan fingerprint density at radius 2 is 2.29 bits per heavy atom. The number of rotatable bonds is 3. The molecule has 2 atom stereocenters. The van der Waals surface area contributed by atoms with Crippen LogP contribution in [0, 0.1) is 12.8 Å². The first-order valence-electron chi connectivity index (χ1n) is 5.01. The maximum Gasteiger partial charge on any atom is 0.0739 e. The summed E-state index contributed by atoms with van der Waals surface area (Å²) in [6, 6.07) is 0.720. The van der Waals surface area contributed by atoms with Crippen molar-refractivity contribution in [3.05, 3.63) is 15.9 Å². The first-order valence-corrected chi connectivity index (χ1v) is 5.80. The lowest BCUT2D eigenvalue weighted by molar-refractivity contribution is 0.603. The second-order valence-electron chi connectivity index (χ2n) is 4.17. The second-order valence-corrected chi connectivity index (χ2v) is 4.96. The van der Waals surface area contributed by atoms with Crippen molar-refractivity contribution >= 4 is 15.9 Å². The quantitative estimate of drug-likeness (QED) is 0.898. The first kappa shape index (κ1) is 10.2. The summed E-state index contributed by atoms with van der Waals surface area (Å²) in [5.74, 6) is 0.850. The fourth-order valence-corrected chi connectivity index (χ4v) is 2.18. The van der Waals surface area contributed by atoms with Crippen LogP contribution in [0.25, 0.3) is 0 Å². The number of hydrogen-bond acceptors (Lipinski definition) is 2. The van der Waals surface area contributed by atoms with Gasteiger partial charge in [-0.15, -0.1) is 0 Å². The molecular formula is C10H16BrN3. The minimum atomic E-state index is 0.720. The van der Waals surface area contributed by atoms with E-state index in [1.807, 2.05) is 18.7 Å². The highest BCUT2D eigenvalue weighted by atomic mass is 79.9. The van der Waals surface area contributed by atoms with Crippen LogP contribution in [-0.2, 0) is 13.6 Å². The van der Waals surface area contributed by atoms with Crippen LogP contribution in [0.4, 0.5) is 0 Å². The summed E-state index contributed by atoms with van der Waals surface area (Å²) in [6.07, 6.45) is 1.31. The van der Waals surface area contributed by atoms with Gasteiger partial charge in [-0.25, -0.2) is 0 Å². The van der Waals surface area contributed by atoms with Gasteiger partial charge in [-0.1, -0.05) is 6.92 Å². The standard InChI is InChI=1S/C10H16BrN3/c1-6-4-8(6)12-5-9-10(11)7(2)13-14(9)3/h6,8,12H,4-5H2,1-3H3. The molecule has 1 N–H and O–H groups in total. The van der Waals surface area contributed by atoms with Gasteiger partial charge in [-0.2, -0.15) is 5.10 Å². The fraction of sp³-hybridized carbons (Fsp3) is 0.700. The number of nitrogens with zero attached hydrogens (tertiary/aromatic N) is 2. The van der Waals surface area contributed by atoms with Crippen molar-refractivity contribution in [1.29, 1.82) is 0 Å². The predicted octanol–water partition coefficient (Wildman–Crippen LogP) is 1.99. The van der Waals surface area contributed by atoms with Crippen LogP contribution in [0.15, 0.2) is 4.47 Å². The molecule has 1 heterocycles. The summed E-state index contributed by atoms with van der Waals surface area (Å²) in [5.41, 5.74) is 2.30. The number of nitrogens with one attached hydrogen (secondary N) is 1. The highest BCUT2D eigenvalue weighted by Crippen LogP contribution is 2.30. The second kappa shape index (κ2) is 3.66. The Bertz CT molecular complexity index is 345. The minimum absolute atomic E-state index is 0.720. The Hall–Kier alpha value is -0.350. The smallest absolute Gasteiger partial charge is 0.0739 e. The van der Waals surface area contributed by atoms with Gasteiger partial charge in [0.2, 0.25) is 0 Å².